The van der Waals surface area contributed by atoms with Gasteiger partial charge in [-0.15, -0.1) is 0 Å². The molecule has 0 saturated heterocycles. The Morgan fingerprint density at radius 3 is 2.56 bits per heavy atom. The zero-order valence-electron chi connectivity index (χ0n) is 5.42. The Labute approximate surface area is 54.5 Å². The van der Waals surface area contributed by atoms with Crippen molar-refractivity contribution in [3.63, 3.8) is 0 Å². The van der Waals surface area contributed by atoms with Gasteiger partial charge in [0.05, 0.1) is 0 Å². The molecule has 0 unspecified atom stereocenters. The minimum Gasteiger partial charge on any atom is -0.478 e. The molecule has 0 spiro atoms. The molecule has 0 aromatic carbocycles. The van der Waals surface area contributed by atoms with Crippen molar-refractivity contribution in [3.8, 4) is 0 Å². The topological polar surface area (TPSA) is 37.3 Å². The summed E-state index contributed by atoms with van der Waals surface area (Å²) in [7, 11) is 0. The summed E-state index contributed by atoms with van der Waals surface area (Å²) in [4.78, 5) is 9.89. The fourth-order valence-corrected chi connectivity index (χ4v) is 0.307. The van der Waals surface area contributed by atoms with Crippen LogP contribution in [0.1, 0.15) is 13.3 Å². The lowest BCUT2D eigenvalue weighted by molar-refractivity contribution is -0.131. The van der Waals surface area contributed by atoms with Crippen molar-refractivity contribution in [1.82, 2.24) is 0 Å². The Balaban J connectivity index is 3.71. The molecule has 0 aliphatic heterocycles. The SMILES string of the molecule is C=C(/C=C/C(=O)O)CC. The molecular formula is C7H10O2. The average Bonchev–Trinajstić information content (AvgIpc) is 1.83. The van der Waals surface area contributed by atoms with Crippen molar-refractivity contribution < 1.29 is 9.90 Å². The van der Waals surface area contributed by atoms with Gasteiger partial charge in [-0.05, 0) is 6.42 Å². The second kappa shape index (κ2) is 3.89. The molecule has 0 rings (SSSR count). The third-order valence-corrected chi connectivity index (χ3v) is 0.916. The van der Waals surface area contributed by atoms with Crippen LogP contribution in [-0.2, 0) is 4.79 Å². The highest BCUT2D eigenvalue weighted by atomic mass is 16.4. The predicted octanol–water partition coefficient (Wildman–Crippen LogP) is 1.59. The van der Waals surface area contributed by atoms with Crippen LogP contribution in [-0.4, -0.2) is 11.1 Å². The van der Waals surface area contributed by atoms with E-state index in [1.165, 1.54) is 6.08 Å². The maximum atomic E-state index is 9.89. The second-order valence-electron chi connectivity index (χ2n) is 1.68. The number of allylic oxidation sites excluding steroid dienone is 2. The van der Waals surface area contributed by atoms with E-state index >= 15 is 0 Å². The first-order valence-corrected chi connectivity index (χ1v) is 2.75. The molecule has 0 aromatic rings. The van der Waals surface area contributed by atoms with E-state index < -0.39 is 5.97 Å². The second-order valence-corrected chi connectivity index (χ2v) is 1.68. The molecule has 0 fully saturated rings. The molecule has 0 bridgehead atoms. The number of hydrogen-bond donors (Lipinski definition) is 1. The average molecular weight is 126 g/mol. The first-order chi connectivity index (χ1) is 4.16. The van der Waals surface area contributed by atoms with Gasteiger partial charge < -0.3 is 5.11 Å². The highest BCUT2D eigenvalue weighted by Crippen LogP contribution is 1.96. The van der Waals surface area contributed by atoms with Crippen LogP contribution < -0.4 is 0 Å². The van der Waals surface area contributed by atoms with Crippen molar-refractivity contribution in [2.75, 3.05) is 0 Å². The molecule has 2 nitrogen and oxygen atoms in total. The Kier molecular flexibility index (Phi) is 3.44. The molecule has 0 heterocycles. The Bertz CT molecular complexity index is 145. The van der Waals surface area contributed by atoms with E-state index in [2.05, 4.69) is 6.58 Å². The van der Waals surface area contributed by atoms with E-state index in [1.807, 2.05) is 6.92 Å². The van der Waals surface area contributed by atoms with Gasteiger partial charge in [-0.1, -0.05) is 25.2 Å². The molecule has 0 aliphatic carbocycles. The van der Waals surface area contributed by atoms with Crippen LogP contribution in [0, 0.1) is 0 Å². The molecule has 1 N–H and O–H groups in total. The Morgan fingerprint density at radius 1 is 1.67 bits per heavy atom. The number of aliphatic carboxylic acids is 1. The van der Waals surface area contributed by atoms with Gasteiger partial charge in [-0.2, -0.15) is 0 Å². The molecule has 0 saturated carbocycles. The lowest BCUT2D eigenvalue weighted by Crippen LogP contribution is -1.85. The van der Waals surface area contributed by atoms with Gasteiger partial charge in [0.1, 0.15) is 0 Å². The van der Waals surface area contributed by atoms with E-state index in [-0.39, 0.29) is 0 Å². The fraction of sp³-hybridized carbons (Fsp3) is 0.286. The largest absolute Gasteiger partial charge is 0.478 e. The third-order valence-electron chi connectivity index (χ3n) is 0.916. The van der Waals surface area contributed by atoms with Crippen molar-refractivity contribution in [1.29, 1.82) is 0 Å². The van der Waals surface area contributed by atoms with Gasteiger partial charge in [0.2, 0.25) is 0 Å². The van der Waals surface area contributed by atoms with Crippen molar-refractivity contribution in [2.45, 2.75) is 13.3 Å². The number of hydrogen-bond acceptors (Lipinski definition) is 1. The van der Waals surface area contributed by atoms with Gasteiger partial charge in [0.25, 0.3) is 0 Å². The predicted molar refractivity (Wildman–Crippen MR) is 36.2 cm³/mol. The van der Waals surface area contributed by atoms with E-state index in [0.717, 1.165) is 18.1 Å². The van der Waals surface area contributed by atoms with E-state index in [1.54, 1.807) is 0 Å². The molecule has 0 amide bonds. The standard InChI is InChI=1S/C7H10O2/c1-3-6(2)4-5-7(8)9/h4-5H,2-3H2,1H3,(H,8,9)/b5-4+. The third kappa shape index (κ3) is 4.81. The van der Waals surface area contributed by atoms with Crippen molar-refractivity contribution in [3.05, 3.63) is 24.3 Å². The normalized spacial score (nSPS) is 9.89. The highest BCUT2D eigenvalue weighted by Gasteiger charge is 1.85. The fourth-order valence-electron chi connectivity index (χ4n) is 0.307. The zero-order valence-corrected chi connectivity index (χ0v) is 5.42. The number of carboxylic acids is 1. The molecular weight excluding hydrogens is 116 g/mol. The Hall–Kier alpha value is -1.05. The summed E-state index contributed by atoms with van der Waals surface area (Å²) in [6.45, 7) is 5.52. The maximum absolute atomic E-state index is 9.89. The summed E-state index contributed by atoms with van der Waals surface area (Å²) in [5.74, 6) is -0.926. The summed E-state index contributed by atoms with van der Waals surface area (Å²) in [6, 6.07) is 0. The lowest BCUT2D eigenvalue weighted by atomic mass is 10.2. The summed E-state index contributed by atoms with van der Waals surface area (Å²) in [5.41, 5.74) is 0.831. The number of rotatable bonds is 3. The van der Waals surface area contributed by atoms with E-state index in [9.17, 15) is 4.79 Å². The first-order valence-electron chi connectivity index (χ1n) is 2.75. The highest BCUT2D eigenvalue weighted by molar-refractivity contribution is 5.80. The van der Waals surface area contributed by atoms with Gasteiger partial charge in [-0.25, -0.2) is 4.79 Å². The van der Waals surface area contributed by atoms with Crippen molar-refractivity contribution >= 4 is 5.97 Å². The van der Waals surface area contributed by atoms with Crippen LogP contribution in [0.4, 0.5) is 0 Å². The van der Waals surface area contributed by atoms with Crippen LogP contribution in [0.25, 0.3) is 0 Å². The molecule has 0 radical (unpaired) electrons. The van der Waals surface area contributed by atoms with Crippen LogP contribution in [0.3, 0.4) is 0 Å². The van der Waals surface area contributed by atoms with Gasteiger partial charge in [0.15, 0.2) is 0 Å². The number of carbonyl (C=O) groups is 1. The summed E-state index contributed by atoms with van der Waals surface area (Å²) in [6.07, 6.45) is 3.39. The maximum Gasteiger partial charge on any atom is 0.328 e. The van der Waals surface area contributed by atoms with Gasteiger partial charge in [0, 0.05) is 6.08 Å². The molecule has 0 atom stereocenters. The van der Waals surface area contributed by atoms with E-state index in [0.29, 0.717) is 0 Å². The van der Waals surface area contributed by atoms with Gasteiger partial charge in [-0.3, -0.25) is 0 Å². The quantitative estimate of drug-likeness (QED) is 0.460. The summed E-state index contributed by atoms with van der Waals surface area (Å²) in [5, 5.41) is 8.13. The van der Waals surface area contributed by atoms with E-state index in [4.69, 9.17) is 5.11 Å². The molecule has 2 heteroatoms. The minimum absolute atomic E-state index is 0.795. The number of carboxylic acid groups (broad SMARTS) is 1. The molecule has 0 aliphatic rings. The van der Waals surface area contributed by atoms with Crippen LogP contribution in [0.2, 0.25) is 0 Å². The Morgan fingerprint density at radius 2 is 2.22 bits per heavy atom. The molecule has 0 aromatic heterocycles. The molecule has 50 valence electrons. The first kappa shape index (κ1) is 7.95. The van der Waals surface area contributed by atoms with Crippen LogP contribution in [0.5, 0.6) is 0 Å². The minimum atomic E-state index is -0.926. The molecule has 9 heavy (non-hydrogen) atoms. The lowest BCUT2D eigenvalue weighted by Gasteiger charge is -1.87. The zero-order chi connectivity index (χ0) is 7.28. The van der Waals surface area contributed by atoms with Crippen LogP contribution in [0.15, 0.2) is 24.3 Å². The summed E-state index contributed by atoms with van der Waals surface area (Å²) >= 11 is 0. The van der Waals surface area contributed by atoms with Crippen LogP contribution >= 0.6 is 0 Å². The monoisotopic (exact) mass is 126 g/mol. The van der Waals surface area contributed by atoms with Gasteiger partial charge >= 0.3 is 5.97 Å². The smallest absolute Gasteiger partial charge is 0.328 e. The van der Waals surface area contributed by atoms with Crippen molar-refractivity contribution in [2.24, 2.45) is 0 Å². The summed E-state index contributed by atoms with van der Waals surface area (Å²) < 4.78 is 0.